The quantitative estimate of drug-likeness (QED) is 0.450. The number of amidine groups is 1. The van der Waals surface area contributed by atoms with Crippen LogP contribution < -0.4 is 15.5 Å². The van der Waals surface area contributed by atoms with Gasteiger partial charge in [0.05, 0.1) is 17.1 Å². The maximum Gasteiger partial charge on any atom is 0.313 e. The summed E-state index contributed by atoms with van der Waals surface area (Å²) in [6.07, 6.45) is 1.48. The molecule has 1 fully saturated rings. The number of carbonyl (C=O) groups is 1. The zero-order valence-corrected chi connectivity index (χ0v) is 15.8. The summed E-state index contributed by atoms with van der Waals surface area (Å²) in [6, 6.07) is 9.06. The number of piperazine rings is 1. The van der Waals surface area contributed by atoms with Crippen LogP contribution in [0.5, 0.6) is 0 Å². The number of anilines is 2. The molecule has 28 heavy (non-hydrogen) atoms. The highest BCUT2D eigenvalue weighted by Crippen LogP contribution is 2.26. The Kier molecular flexibility index (Phi) is 6.08. The maximum absolute atomic E-state index is 14.9. The summed E-state index contributed by atoms with van der Waals surface area (Å²) in [6.45, 7) is 4.70. The first-order valence-corrected chi connectivity index (χ1v) is 9.13. The number of aromatic nitrogens is 1. The summed E-state index contributed by atoms with van der Waals surface area (Å²) in [5.74, 6) is -1.30. The molecule has 0 aliphatic carbocycles. The SMILES string of the molecule is Cc1ncccc1N1CCN(c2cccc(COC(=O)CC(=N)N)c2F)CC1. The van der Waals surface area contributed by atoms with E-state index in [1.807, 2.05) is 17.9 Å². The van der Waals surface area contributed by atoms with E-state index >= 15 is 0 Å². The summed E-state index contributed by atoms with van der Waals surface area (Å²) >= 11 is 0. The largest absolute Gasteiger partial charge is 0.460 e. The minimum atomic E-state index is -0.641. The number of carbonyl (C=O) groups excluding carboxylic acids is 1. The Morgan fingerprint density at radius 1 is 1.18 bits per heavy atom. The van der Waals surface area contributed by atoms with Crippen LogP contribution in [0.25, 0.3) is 0 Å². The fraction of sp³-hybridized carbons (Fsp3) is 0.350. The van der Waals surface area contributed by atoms with E-state index in [-0.39, 0.29) is 24.7 Å². The highest BCUT2D eigenvalue weighted by atomic mass is 19.1. The van der Waals surface area contributed by atoms with E-state index in [1.54, 1.807) is 24.4 Å². The number of ether oxygens (including phenoxy) is 1. The van der Waals surface area contributed by atoms with Crippen LogP contribution in [-0.4, -0.2) is 43.0 Å². The highest BCUT2D eigenvalue weighted by Gasteiger charge is 2.22. The van der Waals surface area contributed by atoms with Crippen molar-refractivity contribution in [3.63, 3.8) is 0 Å². The van der Waals surface area contributed by atoms with E-state index in [9.17, 15) is 9.18 Å². The van der Waals surface area contributed by atoms with Crippen LogP contribution in [0, 0.1) is 18.2 Å². The molecule has 1 saturated heterocycles. The van der Waals surface area contributed by atoms with Gasteiger partial charge in [0.2, 0.25) is 0 Å². The smallest absolute Gasteiger partial charge is 0.313 e. The lowest BCUT2D eigenvalue weighted by Crippen LogP contribution is -2.47. The molecule has 0 bridgehead atoms. The minimum absolute atomic E-state index is 0.180. The Morgan fingerprint density at radius 2 is 1.82 bits per heavy atom. The summed E-state index contributed by atoms with van der Waals surface area (Å²) < 4.78 is 19.9. The van der Waals surface area contributed by atoms with Crippen LogP contribution in [0.1, 0.15) is 17.7 Å². The van der Waals surface area contributed by atoms with Gasteiger partial charge < -0.3 is 20.3 Å². The van der Waals surface area contributed by atoms with E-state index in [0.29, 0.717) is 24.3 Å². The molecule has 3 N–H and O–H groups in total. The van der Waals surface area contributed by atoms with Gasteiger partial charge >= 0.3 is 5.97 Å². The number of halogens is 1. The van der Waals surface area contributed by atoms with Crippen molar-refractivity contribution in [3.8, 4) is 0 Å². The van der Waals surface area contributed by atoms with Gasteiger partial charge in [-0.1, -0.05) is 12.1 Å². The van der Waals surface area contributed by atoms with Crippen LogP contribution in [0.2, 0.25) is 0 Å². The average molecular weight is 385 g/mol. The number of pyridine rings is 1. The standard InChI is InChI=1S/C20H24FN5O2/c1-14-16(6-3-7-24-14)25-8-10-26(11-9-25)17-5-2-4-15(20(17)21)13-28-19(27)12-18(22)23/h2-7H,8-13H2,1H3,(H3,22,23). The molecule has 7 nitrogen and oxygen atoms in total. The van der Waals surface area contributed by atoms with Crippen molar-refractivity contribution in [2.75, 3.05) is 36.0 Å². The summed E-state index contributed by atoms with van der Waals surface area (Å²) in [5.41, 5.74) is 8.07. The summed E-state index contributed by atoms with van der Waals surface area (Å²) in [5, 5.41) is 7.10. The van der Waals surface area contributed by atoms with Gasteiger partial charge in [0, 0.05) is 37.9 Å². The molecule has 0 spiro atoms. The second-order valence-corrected chi connectivity index (χ2v) is 6.69. The van der Waals surface area contributed by atoms with Crippen molar-refractivity contribution in [3.05, 3.63) is 53.6 Å². The number of hydrogen-bond acceptors (Lipinski definition) is 6. The van der Waals surface area contributed by atoms with Crippen molar-refractivity contribution in [1.29, 1.82) is 5.41 Å². The Bertz CT molecular complexity index is 865. The molecule has 0 atom stereocenters. The molecule has 2 heterocycles. The van der Waals surface area contributed by atoms with Gasteiger partial charge in [-0.25, -0.2) is 4.39 Å². The zero-order valence-electron chi connectivity index (χ0n) is 15.8. The van der Waals surface area contributed by atoms with Gasteiger partial charge in [-0.2, -0.15) is 0 Å². The normalized spacial score (nSPS) is 14.1. The predicted molar refractivity (Wildman–Crippen MR) is 106 cm³/mol. The molecule has 1 aliphatic heterocycles. The number of benzene rings is 1. The Balaban J connectivity index is 1.64. The Labute approximate surface area is 163 Å². The number of nitrogens with one attached hydrogen (secondary N) is 1. The van der Waals surface area contributed by atoms with Crippen LogP contribution in [0.4, 0.5) is 15.8 Å². The first kappa shape index (κ1) is 19.6. The van der Waals surface area contributed by atoms with Gasteiger partial charge in [-0.15, -0.1) is 0 Å². The molecule has 0 unspecified atom stereocenters. The van der Waals surface area contributed by atoms with E-state index in [0.717, 1.165) is 24.5 Å². The van der Waals surface area contributed by atoms with E-state index in [2.05, 4.69) is 16.0 Å². The highest BCUT2D eigenvalue weighted by molar-refractivity contribution is 5.94. The summed E-state index contributed by atoms with van der Waals surface area (Å²) in [7, 11) is 0. The second kappa shape index (κ2) is 8.69. The number of nitrogens with two attached hydrogens (primary N) is 1. The first-order valence-electron chi connectivity index (χ1n) is 9.13. The lowest BCUT2D eigenvalue weighted by Gasteiger charge is -2.38. The molecule has 0 saturated carbocycles. The number of aryl methyl sites for hydroxylation is 1. The fourth-order valence-electron chi connectivity index (χ4n) is 3.28. The maximum atomic E-state index is 14.9. The third-order valence-corrected chi connectivity index (χ3v) is 4.72. The van der Waals surface area contributed by atoms with Crippen LogP contribution in [0.15, 0.2) is 36.5 Å². The average Bonchev–Trinajstić information content (AvgIpc) is 2.67. The van der Waals surface area contributed by atoms with Crippen molar-refractivity contribution in [1.82, 2.24) is 4.98 Å². The number of esters is 1. The van der Waals surface area contributed by atoms with Crippen LogP contribution in [0.3, 0.4) is 0 Å². The molecule has 3 rings (SSSR count). The molecular weight excluding hydrogens is 361 g/mol. The molecule has 0 radical (unpaired) electrons. The van der Waals surface area contributed by atoms with Gasteiger partial charge in [0.1, 0.15) is 18.9 Å². The monoisotopic (exact) mass is 385 g/mol. The zero-order chi connectivity index (χ0) is 20.1. The third kappa shape index (κ3) is 4.57. The lowest BCUT2D eigenvalue weighted by atomic mass is 10.1. The molecule has 1 aromatic heterocycles. The van der Waals surface area contributed by atoms with Crippen LogP contribution >= 0.6 is 0 Å². The Hall–Kier alpha value is -3.16. The summed E-state index contributed by atoms with van der Waals surface area (Å²) in [4.78, 5) is 20.1. The molecule has 1 aromatic carbocycles. The van der Waals surface area contributed by atoms with Crippen molar-refractivity contribution in [2.45, 2.75) is 20.0 Å². The number of hydrogen-bond donors (Lipinski definition) is 2. The fourth-order valence-corrected chi connectivity index (χ4v) is 3.28. The van der Waals surface area contributed by atoms with Crippen LogP contribution in [-0.2, 0) is 16.1 Å². The second-order valence-electron chi connectivity index (χ2n) is 6.69. The predicted octanol–water partition coefficient (Wildman–Crippen LogP) is 2.22. The Morgan fingerprint density at radius 3 is 2.46 bits per heavy atom. The van der Waals surface area contributed by atoms with Crippen molar-refractivity contribution < 1.29 is 13.9 Å². The molecule has 148 valence electrons. The number of rotatable bonds is 6. The minimum Gasteiger partial charge on any atom is -0.460 e. The number of nitrogens with zero attached hydrogens (tertiary/aromatic N) is 3. The third-order valence-electron chi connectivity index (χ3n) is 4.72. The van der Waals surface area contributed by atoms with Crippen molar-refractivity contribution in [2.24, 2.45) is 5.73 Å². The van der Waals surface area contributed by atoms with E-state index < -0.39 is 5.97 Å². The van der Waals surface area contributed by atoms with Gasteiger partial charge in [-0.3, -0.25) is 15.2 Å². The molecular formula is C20H24FN5O2. The van der Waals surface area contributed by atoms with Crippen molar-refractivity contribution >= 4 is 23.2 Å². The molecule has 0 amide bonds. The molecule has 8 heteroatoms. The first-order chi connectivity index (χ1) is 13.5. The topological polar surface area (TPSA) is 95.5 Å². The molecule has 1 aliphatic rings. The van der Waals surface area contributed by atoms with Gasteiger partial charge in [-0.05, 0) is 25.1 Å². The van der Waals surface area contributed by atoms with E-state index in [1.165, 1.54) is 0 Å². The van der Waals surface area contributed by atoms with E-state index in [4.69, 9.17) is 15.9 Å². The van der Waals surface area contributed by atoms with Gasteiger partial charge in [0.15, 0.2) is 5.82 Å². The lowest BCUT2D eigenvalue weighted by molar-refractivity contribution is -0.143. The molecule has 2 aromatic rings. The van der Waals surface area contributed by atoms with Gasteiger partial charge in [0.25, 0.3) is 0 Å².